The second-order valence-corrected chi connectivity index (χ2v) is 7.38. The first-order chi connectivity index (χ1) is 9.17. The lowest BCUT2D eigenvalue weighted by atomic mass is 9.83. The zero-order valence-electron chi connectivity index (χ0n) is 10.9. The van der Waals surface area contributed by atoms with Crippen LogP contribution in [0.2, 0.25) is 5.02 Å². The van der Waals surface area contributed by atoms with Crippen molar-refractivity contribution in [1.29, 1.82) is 0 Å². The van der Waals surface area contributed by atoms with E-state index in [1.54, 1.807) is 0 Å². The molecule has 0 amide bonds. The molecule has 0 aromatic heterocycles. The molecule has 0 saturated heterocycles. The monoisotopic (exact) mass is 342 g/mol. The minimum absolute atomic E-state index is 0.171. The Morgan fingerprint density at radius 3 is 2.79 bits per heavy atom. The van der Waals surface area contributed by atoms with Gasteiger partial charge >= 0.3 is 0 Å². The average Bonchev–Trinajstić information content (AvgIpc) is 2.99. The fraction of sp³-hybridized carbons (Fsp3) is 0.600. The van der Waals surface area contributed by atoms with Crippen LogP contribution in [0.1, 0.15) is 43.7 Å². The molecule has 0 radical (unpaired) electrons. The maximum Gasteiger partial charge on any atom is 0.0477 e. The summed E-state index contributed by atoms with van der Waals surface area (Å²) >= 11 is 9.79. The largest absolute Gasteiger partial charge is 0.271 e. The third-order valence-electron chi connectivity index (χ3n) is 4.96. The van der Waals surface area contributed by atoms with E-state index in [4.69, 9.17) is 17.4 Å². The molecule has 2 nitrogen and oxygen atoms in total. The van der Waals surface area contributed by atoms with E-state index in [1.165, 1.54) is 25.7 Å². The van der Waals surface area contributed by atoms with Crippen LogP contribution < -0.4 is 11.3 Å². The summed E-state index contributed by atoms with van der Waals surface area (Å²) in [5.41, 5.74) is 4.09. The molecule has 2 aliphatic carbocycles. The van der Waals surface area contributed by atoms with E-state index in [0.29, 0.717) is 0 Å². The summed E-state index contributed by atoms with van der Waals surface area (Å²) < 4.78 is 1.01. The molecule has 0 heterocycles. The first-order valence-electron chi connectivity index (χ1n) is 7.08. The third kappa shape index (κ3) is 2.85. The van der Waals surface area contributed by atoms with E-state index in [2.05, 4.69) is 27.4 Å². The number of rotatable bonds is 4. The zero-order valence-corrected chi connectivity index (χ0v) is 13.3. The van der Waals surface area contributed by atoms with Gasteiger partial charge in [-0.25, -0.2) is 0 Å². The van der Waals surface area contributed by atoms with E-state index in [-0.39, 0.29) is 6.04 Å². The Kier molecular flexibility index (Phi) is 4.18. The minimum atomic E-state index is 0.171. The van der Waals surface area contributed by atoms with Crippen LogP contribution in [0.3, 0.4) is 0 Å². The maximum atomic E-state index is 6.34. The number of hydrogen-bond acceptors (Lipinski definition) is 2. The predicted octanol–water partition coefficient (Wildman–Crippen LogP) is 4.43. The van der Waals surface area contributed by atoms with Gasteiger partial charge < -0.3 is 0 Å². The van der Waals surface area contributed by atoms with Crippen LogP contribution >= 0.6 is 27.5 Å². The van der Waals surface area contributed by atoms with Gasteiger partial charge in [-0.2, -0.15) is 0 Å². The summed E-state index contributed by atoms with van der Waals surface area (Å²) in [7, 11) is 0. The molecular weight excluding hydrogens is 324 g/mol. The van der Waals surface area contributed by atoms with Crippen LogP contribution in [0, 0.1) is 17.8 Å². The number of nitrogens with two attached hydrogens (primary N) is 1. The number of hydrogen-bond donors (Lipinski definition) is 2. The Hall–Kier alpha value is -0.0900. The topological polar surface area (TPSA) is 38.0 Å². The average molecular weight is 344 g/mol. The third-order valence-corrected chi connectivity index (χ3v) is 5.78. The first-order valence-corrected chi connectivity index (χ1v) is 8.25. The molecule has 1 aromatic rings. The molecule has 2 aliphatic rings. The molecule has 2 saturated carbocycles. The van der Waals surface area contributed by atoms with Gasteiger partial charge in [0.25, 0.3) is 0 Å². The van der Waals surface area contributed by atoms with Crippen molar-refractivity contribution in [3.63, 3.8) is 0 Å². The molecular formula is C15H20BrClN2. The van der Waals surface area contributed by atoms with Crippen LogP contribution in [0.4, 0.5) is 0 Å². The Morgan fingerprint density at radius 1 is 1.37 bits per heavy atom. The van der Waals surface area contributed by atoms with Crippen molar-refractivity contribution in [2.75, 3.05) is 0 Å². The quantitative estimate of drug-likeness (QED) is 0.627. The van der Waals surface area contributed by atoms with E-state index >= 15 is 0 Å². The van der Waals surface area contributed by atoms with Crippen molar-refractivity contribution in [3.8, 4) is 0 Å². The van der Waals surface area contributed by atoms with Crippen LogP contribution in [0.15, 0.2) is 22.7 Å². The van der Waals surface area contributed by atoms with E-state index in [0.717, 1.165) is 39.2 Å². The summed E-state index contributed by atoms with van der Waals surface area (Å²) in [6, 6.07) is 6.23. The number of nitrogens with one attached hydrogen (secondary N) is 1. The van der Waals surface area contributed by atoms with Crippen LogP contribution in [-0.2, 0) is 0 Å². The molecule has 0 spiro atoms. The highest BCUT2D eigenvalue weighted by Crippen LogP contribution is 2.51. The van der Waals surface area contributed by atoms with E-state index in [9.17, 15) is 0 Å². The van der Waals surface area contributed by atoms with Gasteiger partial charge in [-0.3, -0.25) is 11.3 Å². The molecule has 2 bridgehead atoms. The van der Waals surface area contributed by atoms with Crippen molar-refractivity contribution in [3.05, 3.63) is 33.3 Å². The smallest absolute Gasteiger partial charge is 0.0477 e. The fourth-order valence-electron chi connectivity index (χ4n) is 4.04. The Morgan fingerprint density at radius 2 is 2.21 bits per heavy atom. The van der Waals surface area contributed by atoms with Gasteiger partial charge in [-0.1, -0.05) is 40.0 Å². The van der Waals surface area contributed by atoms with Crippen LogP contribution in [0.5, 0.6) is 0 Å². The normalized spacial score (nSPS) is 30.8. The predicted molar refractivity (Wildman–Crippen MR) is 82.8 cm³/mol. The summed E-state index contributed by atoms with van der Waals surface area (Å²) in [5.74, 6) is 8.49. The second-order valence-electron chi connectivity index (χ2n) is 6.06. The number of hydrazine groups is 1. The molecule has 4 heteroatoms. The minimum Gasteiger partial charge on any atom is -0.271 e. The Bertz CT molecular complexity index is 465. The first kappa shape index (κ1) is 13.9. The van der Waals surface area contributed by atoms with Gasteiger partial charge in [-0.15, -0.1) is 0 Å². The molecule has 4 unspecified atom stereocenters. The molecule has 0 aliphatic heterocycles. The summed E-state index contributed by atoms with van der Waals surface area (Å²) in [6.45, 7) is 0. The van der Waals surface area contributed by atoms with Crippen molar-refractivity contribution < 1.29 is 0 Å². The highest BCUT2D eigenvalue weighted by molar-refractivity contribution is 9.10. The number of halogens is 2. The van der Waals surface area contributed by atoms with E-state index in [1.807, 2.05) is 12.1 Å². The molecule has 3 rings (SSSR count). The van der Waals surface area contributed by atoms with Gasteiger partial charge in [0, 0.05) is 15.5 Å². The molecule has 2 fully saturated rings. The summed E-state index contributed by atoms with van der Waals surface area (Å²) in [6.07, 6.45) is 6.80. The highest BCUT2D eigenvalue weighted by atomic mass is 79.9. The molecule has 104 valence electrons. The van der Waals surface area contributed by atoms with Gasteiger partial charge in [-0.05, 0) is 61.1 Å². The van der Waals surface area contributed by atoms with Crippen LogP contribution in [0.25, 0.3) is 0 Å². The number of fused-ring (bicyclic) bond motifs is 2. The van der Waals surface area contributed by atoms with Gasteiger partial charge in [0.2, 0.25) is 0 Å². The van der Waals surface area contributed by atoms with Crippen LogP contribution in [-0.4, -0.2) is 0 Å². The molecule has 4 atom stereocenters. The number of benzene rings is 1. The molecule has 3 N–H and O–H groups in total. The highest BCUT2D eigenvalue weighted by Gasteiger charge is 2.40. The van der Waals surface area contributed by atoms with Crippen molar-refractivity contribution >= 4 is 27.5 Å². The Balaban J connectivity index is 1.73. The Labute approximate surface area is 128 Å². The van der Waals surface area contributed by atoms with Crippen molar-refractivity contribution in [2.45, 2.75) is 38.1 Å². The van der Waals surface area contributed by atoms with Gasteiger partial charge in [0.05, 0.1) is 0 Å². The fourth-order valence-corrected chi connectivity index (χ4v) is 4.84. The summed E-state index contributed by atoms with van der Waals surface area (Å²) in [5, 5.41) is 0.792. The lowest BCUT2D eigenvalue weighted by molar-refractivity contribution is 0.280. The second kappa shape index (κ2) is 5.72. The molecule has 1 aromatic carbocycles. The molecule has 19 heavy (non-hydrogen) atoms. The van der Waals surface area contributed by atoms with Crippen molar-refractivity contribution in [2.24, 2.45) is 23.6 Å². The van der Waals surface area contributed by atoms with E-state index < -0.39 is 0 Å². The standard InChI is InChI=1S/C15H20BrClN2/c16-12-3-4-13(14(17)8-12)15(19-18)7-11-6-9-1-2-10(11)5-9/h3-4,8-11,15,19H,1-2,5-7,18H2. The van der Waals surface area contributed by atoms with Gasteiger partial charge in [0.15, 0.2) is 0 Å². The lowest BCUT2D eigenvalue weighted by Gasteiger charge is -2.27. The van der Waals surface area contributed by atoms with Crippen molar-refractivity contribution in [1.82, 2.24) is 5.43 Å². The zero-order chi connectivity index (χ0) is 13.4. The SMILES string of the molecule is NNC(CC1CC2CCC1C2)c1ccc(Br)cc1Cl. The van der Waals surface area contributed by atoms with Gasteiger partial charge in [0.1, 0.15) is 0 Å². The lowest BCUT2D eigenvalue weighted by Crippen LogP contribution is -2.31. The summed E-state index contributed by atoms with van der Waals surface area (Å²) in [4.78, 5) is 0. The maximum absolute atomic E-state index is 6.34.